The number of sulfonamides is 1. The van der Waals surface area contributed by atoms with E-state index < -0.39 is 15.9 Å². The molecule has 0 unspecified atom stereocenters. The Morgan fingerprint density at radius 2 is 2.21 bits per heavy atom. The summed E-state index contributed by atoms with van der Waals surface area (Å²) in [6.45, 7) is 0. The molecule has 0 saturated heterocycles. The first-order valence-corrected chi connectivity index (χ1v) is 5.80. The topological polar surface area (TPSA) is 76.1 Å². The fourth-order valence-corrected chi connectivity index (χ4v) is 1.41. The van der Waals surface area contributed by atoms with Gasteiger partial charge in [-0.3, -0.25) is 4.79 Å². The molecule has 0 saturated carbocycles. The predicted octanol–water partition coefficient (Wildman–Crippen LogP) is 0.424. The van der Waals surface area contributed by atoms with E-state index in [-0.39, 0.29) is 10.7 Å². The summed E-state index contributed by atoms with van der Waals surface area (Å²) < 4.78 is 23.2. The van der Waals surface area contributed by atoms with Gasteiger partial charge in [0.05, 0.1) is 11.3 Å². The zero-order valence-electron chi connectivity index (χ0n) is 7.19. The predicted molar refractivity (Wildman–Crippen MR) is 51.6 cm³/mol. The van der Waals surface area contributed by atoms with Crippen molar-refractivity contribution in [2.24, 2.45) is 0 Å². The summed E-state index contributed by atoms with van der Waals surface area (Å²) in [4.78, 5) is 14.9. The summed E-state index contributed by atoms with van der Waals surface area (Å²) in [6, 6.07) is 2.99. The Balaban J connectivity index is 2.97. The monoisotopic (exact) mass is 234 g/mol. The van der Waals surface area contributed by atoms with Gasteiger partial charge in [-0.05, 0) is 12.1 Å². The highest BCUT2D eigenvalue weighted by molar-refractivity contribution is 7.89. The zero-order valence-corrected chi connectivity index (χ0v) is 8.76. The van der Waals surface area contributed by atoms with E-state index in [0.717, 1.165) is 6.26 Å². The van der Waals surface area contributed by atoms with Crippen LogP contribution in [0.5, 0.6) is 0 Å². The molecule has 14 heavy (non-hydrogen) atoms. The number of halogens is 1. The lowest BCUT2D eigenvalue weighted by Crippen LogP contribution is -2.30. The minimum atomic E-state index is -3.59. The Kier molecular flexibility index (Phi) is 3.07. The molecular formula is C7H7ClN2O3S. The summed E-state index contributed by atoms with van der Waals surface area (Å²) in [6.07, 6.45) is 2.23. The van der Waals surface area contributed by atoms with E-state index in [2.05, 4.69) is 4.98 Å². The Hall–Kier alpha value is -1.14. The van der Waals surface area contributed by atoms with E-state index in [1.54, 1.807) is 10.8 Å². The molecule has 1 rings (SSSR count). The molecule has 76 valence electrons. The first-order chi connectivity index (χ1) is 6.40. The molecule has 0 aliphatic rings. The van der Waals surface area contributed by atoms with Crippen LogP contribution in [0.3, 0.4) is 0 Å². The number of pyridine rings is 1. The highest BCUT2D eigenvalue weighted by atomic mass is 35.5. The number of nitrogens with one attached hydrogen (secondary N) is 1. The van der Waals surface area contributed by atoms with Crippen LogP contribution in [0.2, 0.25) is 5.02 Å². The molecule has 7 heteroatoms. The fraction of sp³-hybridized carbons (Fsp3) is 0.143. The first kappa shape index (κ1) is 10.9. The van der Waals surface area contributed by atoms with Gasteiger partial charge >= 0.3 is 0 Å². The summed E-state index contributed by atoms with van der Waals surface area (Å²) in [7, 11) is -3.59. The van der Waals surface area contributed by atoms with Gasteiger partial charge < -0.3 is 0 Å². The fourth-order valence-electron chi connectivity index (χ4n) is 0.769. The molecule has 0 aliphatic carbocycles. The molecule has 0 aromatic carbocycles. The van der Waals surface area contributed by atoms with E-state index in [1.165, 1.54) is 12.3 Å². The normalized spacial score (nSPS) is 11.0. The van der Waals surface area contributed by atoms with Crippen LogP contribution in [0.25, 0.3) is 0 Å². The Labute approximate surface area is 86.2 Å². The molecule has 1 heterocycles. The number of hydrogen-bond acceptors (Lipinski definition) is 4. The standard InChI is InChI=1S/C7H7ClN2O3S/c1-14(12,13)10-7(11)6-5(8)3-2-4-9-6/h2-4H,1H3,(H,10,11). The summed E-state index contributed by atoms with van der Waals surface area (Å²) in [5.41, 5.74) is -0.111. The Morgan fingerprint density at radius 1 is 1.57 bits per heavy atom. The second kappa shape index (κ2) is 3.93. The van der Waals surface area contributed by atoms with Gasteiger partial charge in [0.25, 0.3) is 5.91 Å². The number of hydrogen-bond donors (Lipinski definition) is 1. The molecule has 0 fully saturated rings. The van der Waals surface area contributed by atoms with Gasteiger partial charge in [-0.15, -0.1) is 0 Å². The number of rotatable bonds is 2. The number of aromatic nitrogens is 1. The van der Waals surface area contributed by atoms with E-state index >= 15 is 0 Å². The van der Waals surface area contributed by atoms with Crippen molar-refractivity contribution in [2.75, 3.05) is 6.26 Å². The van der Waals surface area contributed by atoms with Crippen molar-refractivity contribution < 1.29 is 13.2 Å². The first-order valence-electron chi connectivity index (χ1n) is 3.53. The summed E-state index contributed by atoms with van der Waals surface area (Å²) in [5.74, 6) is -0.835. The zero-order chi connectivity index (χ0) is 10.8. The van der Waals surface area contributed by atoms with Crippen molar-refractivity contribution in [1.29, 1.82) is 0 Å². The van der Waals surface area contributed by atoms with Gasteiger partial charge in [-0.2, -0.15) is 0 Å². The Bertz CT molecular complexity index is 458. The van der Waals surface area contributed by atoms with Crippen molar-refractivity contribution in [3.63, 3.8) is 0 Å². The van der Waals surface area contributed by atoms with E-state index in [1.807, 2.05) is 0 Å². The molecule has 5 nitrogen and oxygen atoms in total. The van der Waals surface area contributed by atoms with Gasteiger partial charge in [0.2, 0.25) is 10.0 Å². The maximum Gasteiger partial charge on any atom is 0.284 e. The van der Waals surface area contributed by atoms with Crippen LogP contribution in [0.1, 0.15) is 10.5 Å². The molecule has 1 N–H and O–H groups in total. The second-order valence-corrected chi connectivity index (χ2v) is 4.69. The maximum absolute atomic E-state index is 11.2. The third-order valence-electron chi connectivity index (χ3n) is 1.25. The second-order valence-electron chi connectivity index (χ2n) is 2.54. The van der Waals surface area contributed by atoms with Gasteiger partial charge in [-0.25, -0.2) is 18.1 Å². The smallest absolute Gasteiger partial charge is 0.266 e. The largest absolute Gasteiger partial charge is 0.284 e. The van der Waals surface area contributed by atoms with Crippen molar-refractivity contribution in [3.05, 3.63) is 29.0 Å². The van der Waals surface area contributed by atoms with Crippen LogP contribution in [-0.2, 0) is 10.0 Å². The average Bonchev–Trinajstić information content (AvgIpc) is 2.01. The number of carbonyl (C=O) groups is 1. The van der Waals surface area contributed by atoms with Crippen molar-refractivity contribution in [3.8, 4) is 0 Å². The number of carbonyl (C=O) groups excluding carboxylic acids is 1. The van der Waals surface area contributed by atoms with E-state index in [9.17, 15) is 13.2 Å². The summed E-state index contributed by atoms with van der Waals surface area (Å²) in [5, 5.41) is 0.105. The van der Waals surface area contributed by atoms with E-state index in [0.29, 0.717) is 0 Å². The average molecular weight is 235 g/mol. The summed E-state index contributed by atoms with van der Waals surface area (Å²) >= 11 is 5.63. The van der Waals surface area contributed by atoms with Crippen LogP contribution in [0, 0.1) is 0 Å². The lowest BCUT2D eigenvalue weighted by Gasteiger charge is -2.02. The van der Waals surface area contributed by atoms with Crippen LogP contribution in [0.15, 0.2) is 18.3 Å². The van der Waals surface area contributed by atoms with Gasteiger partial charge in [-0.1, -0.05) is 11.6 Å². The maximum atomic E-state index is 11.2. The minimum Gasteiger partial charge on any atom is -0.266 e. The molecule has 0 atom stereocenters. The van der Waals surface area contributed by atoms with Crippen LogP contribution in [-0.4, -0.2) is 25.6 Å². The number of nitrogens with zero attached hydrogens (tertiary/aromatic N) is 1. The van der Waals surface area contributed by atoms with Crippen LogP contribution < -0.4 is 4.72 Å². The molecule has 1 aromatic heterocycles. The lowest BCUT2D eigenvalue weighted by molar-refractivity contribution is 0.0977. The Morgan fingerprint density at radius 3 is 2.71 bits per heavy atom. The van der Waals surface area contributed by atoms with Gasteiger partial charge in [0.1, 0.15) is 5.69 Å². The molecule has 0 aliphatic heterocycles. The molecule has 1 aromatic rings. The molecule has 1 amide bonds. The van der Waals surface area contributed by atoms with Gasteiger partial charge in [0.15, 0.2) is 0 Å². The van der Waals surface area contributed by atoms with Crippen LogP contribution in [0.4, 0.5) is 0 Å². The SMILES string of the molecule is CS(=O)(=O)NC(=O)c1ncccc1Cl. The molecule has 0 bridgehead atoms. The highest BCUT2D eigenvalue weighted by Gasteiger charge is 2.14. The van der Waals surface area contributed by atoms with Gasteiger partial charge in [0, 0.05) is 6.20 Å². The van der Waals surface area contributed by atoms with Crippen LogP contribution >= 0.6 is 11.6 Å². The lowest BCUT2D eigenvalue weighted by atomic mass is 10.3. The number of amides is 1. The third kappa shape index (κ3) is 2.97. The van der Waals surface area contributed by atoms with Crippen molar-refractivity contribution >= 4 is 27.5 Å². The molecular weight excluding hydrogens is 228 g/mol. The van der Waals surface area contributed by atoms with Crippen molar-refractivity contribution in [2.45, 2.75) is 0 Å². The molecule has 0 spiro atoms. The molecule has 0 radical (unpaired) electrons. The minimum absolute atomic E-state index is 0.105. The third-order valence-corrected chi connectivity index (χ3v) is 2.11. The van der Waals surface area contributed by atoms with Crippen molar-refractivity contribution in [1.82, 2.24) is 9.71 Å². The quantitative estimate of drug-likeness (QED) is 0.805. The highest BCUT2D eigenvalue weighted by Crippen LogP contribution is 2.11. The van der Waals surface area contributed by atoms with E-state index in [4.69, 9.17) is 11.6 Å².